The van der Waals surface area contributed by atoms with E-state index >= 15 is 0 Å². The van der Waals surface area contributed by atoms with Crippen molar-refractivity contribution >= 4 is 35.7 Å². The Morgan fingerprint density at radius 1 is 0.905 bits per heavy atom. The van der Waals surface area contributed by atoms with Crippen molar-refractivity contribution in [2.75, 3.05) is 12.3 Å². The number of anilines is 1. The van der Waals surface area contributed by atoms with Gasteiger partial charge in [-0.3, -0.25) is 19.5 Å². The van der Waals surface area contributed by atoms with Gasteiger partial charge in [-0.15, -0.1) is 0 Å². The Kier molecular flexibility index (Phi) is 6.55. The predicted molar refractivity (Wildman–Crippen MR) is 164 cm³/mol. The van der Waals surface area contributed by atoms with Gasteiger partial charge in [-0.25, -0.2) is 4.99 Å². The molecule has 0 bridgehead atoms. The number of rotatable bonds is 7. The largest absolute Gasteiger partial charge is 0.487 e. The highest BCUT2D eigenvalue weighted by Crippen LogP contribution is 2.44. The van der Waals surface area contributed by atoms with E-state index in [1.165, 1.54) is 4.90 Å². The van der Waals surface area contributed by atoms with E-state index in [1.54, 1.807) is 30.5 Å². The molecule has 1 saturated carbocycles. The van der Waals surface area contributed by atoms with Crippen LogP contribution in [0.4, 0.5) is 11.4 Å². The number of allylic oxidation sites excluding steroid dienone is 2. The molecule has 1 aliphatic carbocycles. The van der Waals surface area contributed by atoms with Crippen LogP contribution < -0.4 is 15.0 Å². The molecule has 2 N–H and O–H groups in total. The Balaban J connectivity index is 1.07. The molecule has 0 saturated heterocycles. The van der Waals surface area contributed by atoms with Crippen LogP contribution in [0, 0.1) is 11.8 Å². The fraction of sp³-hybridized carbons (Fsp3) is 0.235. The van der Waals surface area contributed by atoms with Crippen LogP contribution in [-0.2, 0) is 6.61 Å². The lowest BCUT2D eigenvalue weighted by atomic mass is 9.79. The van der Waals surface area contributed by atoms with Crippen molar-refractivity contribution in [1.82, 2.24) is 9.38 Å². The van der Waals surface area contributed by atoms with Crippen LogP contribution in [0.15, 0.2) is 107 Å². The smallest absolute Gasteiger partial charge is 0.261 e. The minimum atomic E-state index is -0.175. The Bertz CT molecular complexity index is 1650. The number of carbonyl (C=O) groups excluding carboxylic acids is 2. The maximum atomic E-state index is 12.9. The minimum Gasteiger partial charge on any atom is -0.487 e. The second-order valence-corrected chi connectivity index (χ2v) is 11.3. The lowest BCUT2D eigenvalue weighted by molar-refractivity contribution is 0.0612. The Labute approximate surface area is 244 Å². The van der Waals surface area contributed by atoms with E-state index in [-0.39, 0.29) is 23.7 Å². The van der Waals surface area contributed by atoms with Crippen LogP contribution in [0.25, 0.3) is 0 Å². The summed E-state index contributed by atoms with van der Waals surface area (Å²) in [5.74, 6) is 0.835. The van der Waals surface area contributed by atoms with Gasteiger partial charge in [-0.05, 0) is 55.4 Å². The van der Waals surface area contributed by atoms with Crippen molar-refractivity contribution in [3.63, 3.8) is 0 Å². The van der Waals surface area contributed by atoms with Crippen molar-refractivity contribution in [2.45, 2.75) is 32.3 Å². The molecule has 1 fully saturated rings. The van der Waals surface area contributed by atoms with Crippen molar-refractivity contribution in [3.8, 4) is 5.75 Å². The van der Waals surface area contributed by atoms with E-state index in [0.717, 1.165) is 48.3 Å². The standard InChI is InChI=1S/C34H32N5O3/c35-29-15-14-26(18-31(29)42-21-24-6-2-1-3-7-24)39-17-16-36-19-30(39)32(37-22-39)25-12-10-23(11-13-25)20-38-33(40)27-8-4-5-9-28(27)34(38)41/h1-9,14-19,22-23,25H,10-13,20-21,35H2/q+1. The number of imide groups is 1. The first-order chi connectivity index (χ1) is 20.5. The third-order valence-corrected chi connectivity index (χ3v) is 8.84. The SMILES string of the molecule is Nc1ccc([N+]23C=CN=CC2=C(C2CCC(CN4C(=O)c5ccccc5C4=O)CC2)N=C3)cc1OCc1ccccc1. The molecular weight excluding hydrogens is 526 g/mol. The number of fused-ring (bicyclic) bond motifs is 2. The summed E-state index contributed by atoms with van der Waals surface area (Å²) in [6.07, 6.45) is 11.4. The number of nitrogen functional groups attached to an aromatic ring is 1. The molecule has 1 atom stereocenters. The van der Waals surface area contributed by atoms with E-state index in [0.29, 0.717) is 40.2 Å². The number of ether oxygens (including phenoxy) is 1. The molecule has 42 heavy (non-hydrogen) atoms. The second kappa shape index (κ2) is 10.5. The Morgan fingerprint density at radius 2 is 1.62 bits per heavy atom. The van der Waals surface area contributed by atoms with Crippen LogP contribution in [-0.4, -0.2) is 35.8 Å². The molecule has 0 aromatic heterocycles. The van der Waals surface area contributed by atoms with Gasteiger partial charge in [-0.1, -0.05) is 42.5 Å². The molecule has 1 unspecified atom stereocenters. The number of carbonyl (C=O) groups is 2. The van der Waals surface area contributed by atoms with Gasteiger partial charge in [0.1, 0.15) is 24.3 Å². The normalized spacial score (nSPS) is 24.3. The highest BCUT2D eigenvalue weighted by Gasteiger charge is 2.44. The van der Waals surface area contributed by atoms with Crippen molar-refractivity contribution < 1.29 is 14.3 Å². The molecule has 3 heterocycles. The van der Waals surface area contributed by atoms with Gasteiger partial charge in [-0.2, -0.15) is 4.48 Å². The van der Waals surface area contributed by atoms with Crippen LogP contribution in [0.3, 0.4) is 0 Å². The second-order valence-electron chi connectivity index (χ2n) is 11.3. The molecule has 3 aromatic rings. The first-order valence-electron chi connectivity index (χ1n) is 14.4. The Hall–Kier alpha value is -4.82. The number of nitrogens with zero attached hydrogens (tertiary/aromatic N) is 4. The molecular formula is C34H32N5O3+. The van der Waals surface area contributed by atoms with Gasteiger partial charge in [0.25, 0.3) is 11.8 Å². The summed E-state index contributed by atoms with van der Waals surface area (Å²) in [5, 5.41) is 0. The molecule has 210 valence electrons. The van der Waals surface area contributed by atoms with Crippen LogP contribution >= 0.6 is 0 Å². The van der Waals surface area contributed by atoms with Crippen LogP contribution in [0.2, 0.25) is 0 Å². The lowest BCUT2D eigenvalue weighted by Gasteiger charge is -2.32. The zero-order valence-corrected chi connectivity index (χ0v) is 23.2. The number of hydrogen-bond donors (Lipinski definition) is 1. The van der Waals surface area contributed by atoms with Gasteiger partial charge in [0.15, 0.2) is 11.4 Å². The molecule has 0 radical (unpaired) electrons. The first kappa shape index (κ1) is 26.1. The number of aliphatic imine (C=N–C) groups is 2. The summed E-state index contributed by atoms with van der Waals surface area (Å²) < 4.78 is 6.47. The van der Waals surface area contributed by atoms with E-state index < -0.39 is 0 Å². The predicted octanol–water partition coefficient (Wildman–Crippen LogP) is 6.07. The quantitative estimate of drug-likeness (QED) is 0.216. The lowest BCUT2D eigenvalue weighted by Crippen LogP contribution is -2.41. The number of quaternary nitrogens is 1. The number of amides is 2. The van der Waals surface area contributed by atoms with Crippen LogP contribution in [0.5, 0.6) is 5.75 Å². The molecule has 3 aromatic carbocycles. The third-order valence-electron chi connectivity index (χ3n) is 8.84. The summed E-state index contributed by atoms with van der Waals surface area (Å²) in [7, 11) is 0. The van der Waals surface area contributed by atoms with E-state index in [1.807, 2.05) is 67.3 Å². The summed E-state index contributed by atoms with van der Waals surface area (Å²) >= 11 is 0. The monoisotopic (exact) mass is 558 g/mol. The van der Waals surface area contributed by atoms with Gasteiger partial charge in [0.05, 0.1) is 29.2 Å². The zero-order valence-electron chi connectivity index (χ0n) is 23.2. The molecule has 2 amide bonds. The molecule has 8 heteroatoms. The van der Waals surface area contributed by atoms with Crippen molar-refractivity contribution in [3.05, 3.63) is 113 Å². The highest BCUT2D eigenvalue weighted by molar-refractivity contribution is 6.21. The first-order valence-corrected chi connectivity index (χ1v) is 14.4. The fourth-order valence-corrected chi connectivity index (χ4v) is 6.51. The summed E-state index contributed by atoms with van der Waals surface area (Å²) in [4.78, 5) is 36.6. The molecule has 7 rings (SSSR count). The van der Waals surface area contributed by atoms with Gasteiger partial charge < -0.3 is 10.5 Å². The maximum Gasteiger partial charge on any atom is 0.261 e. The van der Waals surface area contributed by atoms with E-state index in [4.69, 9.17) is 15.5 Å². The van der Waals surface area contributed by atoms with Crippen molar-refractivity contribution in [1.29, 1.82) is 0 Å². The summed E-state index contributed by atoms with van der Waals surface area (Å²) in [6, 6.07) is 23.0. The molecule has 4 aliphatic rings. The zero-order chi connectivity index (χ0) is 28.7. The number of benzene rings is 3. The average Bonchev–Trinajstić information content (AvgIpc) is 3.54. The average molecular weight is 559 g/mol. The maximum absolute atomic E-state index is 12.9. The van der Waals surface area contributed by atoms with Crippen molar-refractivity contribution in [2.24, 2.45) is 21.8 Å². The Morgan fingerprint density at radius 3 is 2.36 bits per heavy atom. The topological polar surface area (TPSA) is 97.3 Å². The molecule has 8 nitrogen and oxygen atoms in total. The molecule has 0 spiro atoms. The summed E-state index contributed by atoms with van der Waals surface area (Å²) in [5.41, 5.74) is 12.0. The summed E-state index contributed by atoms with van der Waals surface area (Å²) in [6.45, 7) is 0.896. The highest BCUT2D eigenvalue weighted by atomic mass is 16.5. The van der Waals surface area contributed by atoms with E-state index in [9.17, 15) is 9.59 Å². The number of hydrogen-bond acceptors (Lipinski definition) is 6. The van der Waals surface area contributed by atoms with Gasteiger partial charge >= 0.3 is 0 Å². The van der Waals surface area contributed by atoms with Gasteiger partial charge in [0.2, 0.25) is 6.34 Å². The van der Waals surface area contributed by atoms with Gasteiger partial charge in [0, 0.05) is 24.6 Å². The van der Waals surface area contributed by atoms with E-state index in [2.05, 4.69) is 4.99 Å². The number of nitrogens with two attached hydrogens (primary N) is 1. The minimum absolute atomic E-state index is 0.175. The molecule has 3 aliphatic heterocycles. The fourth-order valence-electron chi connectivity index (χ4n) is 6.51. The van der Waals surface area contributed by atoms with Crippen LogP contribution in [0.1, 0.15) is 52.0 Å². The third kappa shape index (κ3) is 4.44.